The number of nitrogens with zero attached hydrogens (tertiary/aromatic N) is 3. The summed E-state index contributed by atoms with van der Waals surface area (Å²) in [6.45, 7) is 11.1. The summed E-state index contributed by atoms with van der Waals surface area (Å²) in [4.78, 5) is 6.71. The monoisotopic (exact) mass is 384 g/mol. The molecule has 0 bridgehead atoms. The molecule has 2 fully saturated rings. The number of piperazine rings is 1. The van der Waals surface area contributed by atoms with Crippen LogP contribution < -0.4 is 9.64 Å². The zero-order valence-corrected chi connectivity index (χ0v) is 16.2. The molecule has 2 aliphatic rings. The molecule has 0 spiro atoms. The Hall–Kier alpha value is -1.47. The molecule has 1 aromatic carbocycles. The molecule has 0 amide bonds. The maximum Gasteiger partial charge on any atom is 0.573 e. The van der Waals surface area contributed by atoms with Crippen LogP contribution in [0.2, 0.25) is 0 Å². The van der Waals surface area contributed by atoms with E-state index < -0.39 is 6.36 Å². The maximum absolute atomic E-state index is 12.9. The molecular weight excluding hydrogens is 355 g/mol. The lowest BCUT2D eigenvalue weighted by Crippen LogP contribution is -2.46. The Morgan fingerprint density at radius 1 is 0.963 bits per heavy atom. The first-order chi connectivity index (χ1) is 12.8. The van der Waals surface area contributed by atoms with E-state index in [2.05, 4.69) is 33.3 Å². The molecule has 2 saturated heterocycles. The molecule has 0 unspecified atom stereocenters. The van der Waals surface area contributed by atoms with Crippen LogP contribution >= 0.6 is 0 Å². The highest BCUT2D eigenvalue weighted by Gasteiger charge is 2.33. The molecule has 27 heavy (non-hydrogen) atoms. The van der Waals surface area contributed by atoms with Crippen LogP contribution in [0.5, 0.6) is 5.75 Å². The second-order valence-electron chi connectivity index (χ2n) is 7.79. The zero-order chi connectivity index (χ0) is 19.4. The molecule has 0 N–H and O–H groups in total. The minimum Gasteiger partial charge on any atom is -0.405 e. The Labute approximate surface area is 159 Å². The molecule has 151 valence electrons. The lowest BCUT2D eigenvalue weighted by Gasteiger charge is -2.35. The van der Waals surface area contributed by atoms with Crippen molar-refractivity contribution < 1.29 is 17.9 Å². The zero-order valence-electron chi connectivity index (χ0n) is 16.2. The normalized spacial score (nSPS) is 19.9. The second-order valence-corrected chi connectivity index (χ2v) is 7.79. The molecule has 2 heterocycles. The van der Waals surface area contributed by atoms with Crippen LogP contribution in [0, 0.1) is 5.92 Å². The highest BCUT2D eigenvalue weighted by Crippen LogP contribution is 2.33. The van der Waals surface area contributed by atoms with Gasteiger partial charge in [-0.3, -0.25) is 4.90 Å². The summed E-state index contributed by atoms with van der Waals surface area (Å²) in [5.41, 5.74) is 1.41. The average molecular weight is 384 g/mol. The topological polar surface area (TPSA) is 19.0 Å². The quantitative estimate of drug-likeness (QED) is 0.740. The number of ether oxygens (including phenoxy) is 1. The fourth-order valence-corrected chi connectivity index (χ4v) is 3.86. The van der Waals surface area contributed by atoms with Gasteiger partial charge in [-0.15, -0.1) is 13.2 Å². The number of anilines is 1. The average Bonchev–Trinajstić information content (AvgIpc) is 3.11. The minimum absolute atomic E-state index is 0.0629. The summed E-state index contributed by atoms with van der Waals surface area (Å²) in [6.07, 6.45) is -2.52. The van der Waals surface area contributed by atoms with E-state index in [1.54, 1.807) is 12.1 Å². The SMILES string of the molecule is C[C](C)CN1CCN(Cc2ccc(N3CCCC3)cc2OC(F)(F)F)CC1. The summed E-state index contributed by atoms with van der Waals surface area (Å²) in [5.74, 6) is 1.31. The van der Waals surface area contributed by atoms with Crippen molar-refractivity contribution in [2.45, 2.75) is 39.6 Å². The van der Waals surface area contributed by atoms with Gasteiger partial charge in [-0.1, -0.05) is 19.9 Å². The summed E-state index contributed by atoms with van der Waals surface area (Å²) < 4.78 is 43.2. The van der Waals surface area contributed by atoms with Gasteiger partial charge in [-0.2, -0.15) is 0 Å². The molecule has 1 aromatic rings. The van der Waals surface area contributed by atoms with Crippen molar-refractivity contribution in [2.75, 3.05) is 50.7 Å². The van der Waals surface area contributed by atoms with Gasteiger partial charge in [-0.05, 0) is 24.8 Å². The van der Waals surface area contributed by atoms with Crippen LogP contribution in [0.1, 0.15) is 32.3 Å². The molecule has 2 aliphatic heterocycles. The number of benzene rings is 1. The Morgan fingerprint density at radius 3 is 2.19 bits per heavy atom. The van der Waals surface area contributed by atoms with Gasteiger partial charge >= 0.3 is 6.36 Å². The summed E-state index contributed by atoms with van der Waals surface area (Å²) in [7, 11) is 0. The van der Waals surface area contributed by atoms with Gasteiger partial charge in [0, 0.05) is 69.7 Å². The van der Waals surface area contributed by atoms with E-state index in [-0.39, 0.29) is 5.75 Å². The minimum atomic E-state index is -4.68. The van der Waals surface area contributed by atoms with E-state index in [0.717, 1.165) is 64.3 Å². The first-order valence-corrected chi connectivity index (χ1v) is 9.67. The Kier molecular flexibility index (Phi) is 6.52. The largest absolute Gasteiger partial charge is 0.573 e. The highest BCUT2D eigenvalue weighted by atomic mass is 19.4. The van der Waals surface area contributed by atoms with E-state index in [1.807, 2.05) is 6.07 Å². The van der Waals surface area contributed by atoms with Crippen LogP contribution in [-0.2, 0) is 6.54 Å². The number of rotatable bonds is 6. The molecule has 3 rings (SSSR count). The van der Waals surface area contributed by atoms with Gasteiger partial charge in [-0.25, -0.2) is 0 Å². The van der Waals surface area contributed by atoms with Crippen molar-refractivity contribution in [1.82, 2.24) is 9.80 Å². The Bertz CT molecular complexity index is 607. The molecule has 0 aliphatic carbocycles. The lowest BCUT2D eigenvalue weighted by molar-refractivity contribution is -0.275. The van der Waals surface area contributed by atoms with Gasteiger partial charge in [0.05, 0.1) is 0 Å². The predicted molar refractivity (Wildman–Crippen MR) is 101 cm³/mol. The van der Waals surface area contributed by atoms with E-state index in [1.165, 1.54) is 5.92 Å². The fraction of sp³-hybridized carbons (Fsp3) is 0.650. The van der Waals surface area contributed by atoms with Crippen molar-refractivity contribution in [3.63, 3.8) is 0 Å². The molecule has 0 atom stereocenters. The standard InChI is InChI=1S/C20H29F3N3O/c1-16(2)14-24-9-11-25(12-10-24)15-17-5-6-18(26-7-3-4-8-26)13-19(17)27-20(21,22)23/h5-6,13H,3-4,7-12,14-15H2,1-2H3. The molecule has 4 nitrogen and oxygen atoms in total. The Morgan fingerprint density at radius 2 is 1.59 bits per heavy atom. The maximum atomic E-state index is 12.9. The third-order valence-electron chi connectivity index (χ3n) is 5.15. The van der Waals surface area contributed by atoms with Crippen molar-refractivity contribution in [3.05, 3.63) is 29.7 Å². The van der Waals surface area contributed by atoms with E-state index in [0.29, 0.717) is 12.1 Å². The molecular formula is C20H29F3N3O. The van der Waals surface area contributed by atoms with E-state index in [9.17, 15) is 13.2 Å². The van der Waals surface area contributed by atoms with Gasteiger partial charge in [0.2, 0.25) is 0 Å². The van der Waals surface area contributed by atoms with Crippen molar-refractivity contribution >= 4 is 5.69 Å². The van der Waals surface area contributed by atoms with E-state index in [4.69, 9.17) is 0 Å². The summed E-state index contributed by atoms with van der Waals surface area (Å²) in [5, 5.41) is 0. The van der Waals surface area contributed by atoms with Gasteiger partial charge < -0.3 is 14.5 Å². The van der Waals surface area contributed by atoms with Crippen LogP contribution in [0.15, 0.2) is 18.2 Å². The number of hydrogen-bond acceptors (Lipinski definition) is 4. The van der Waals surface area contributed by atoms with Crippen LogP contribution in [-0.4, -0.2) is 62.0 Å². The molecule has 0 aromatic heterocycles. The van der Waals surface area contributed by atoms with Crippen molar-refractivity contribution in [1.29, 1.82) is 0 Å². The second kappa shape index (κ2) is 8.69. The molecule has 0 saturated carbocycles. The van der Waals surface area contributed by atoms with E-state index >= 15 is 0 Å². The third-order valence-corrected chi connectivity index (χ3v) is 5.15. The molecule has 1 radical (unpaired) electrons. The van der Waals surface area contributed by atoms with Crippen LogP contribution in [0.4, 0.5) is 18.9 Å². The van der Waals surface area contributed by atoms with Crippen molar-refractivity contribution in [3.8, 4) is 5.75 Å². The number of alkyl halides is 3. The first kappa shape index (κ1) is 20.3. The summed E-state index contributed by atoms with van der Waals surface area (Å²) in [6, 6.07) is 5.28. The Balaban J connectivity index is 1.68. The summed E-state index contributed by atoms with van der Waals surface area (Å²) >= 11 is 0. The fourth-order valence-electron chi connectivity index (χ4n) is 3.86. The van der Waals surface area contributed by atoms with Gasteiger partial charge in [0.15, 0.2) is 0 Å². The third kappa shape index (κ3) is 6.01. The number of hydrogen-bond donors (Lipinski definition) is 0. The number of halogens is 3. The van der Waals surface area contributed by atoms with Crippen molar-refractivity contribution in [2.24, 2.45) is 0 Å². The lowest BCUT2D eigenvalue weighted by atomic mass is 10.1. The predicted octanol–water partition coefficient (Wildman–Crippen LogP) is 3.92. The van der Waals surface area contributed by atoms with Crippen LogP contribution in [0.3, 0.4) is 0 Å². The first-order valence-electron chi connectivity index (χ1n) is 9.67. The van der Waals surface area contributed by atoms with Crippen LogP contribution in [0.25, 0.3) is 0 Å². The van der Waals surface area contributed by atoms with Gasteiger partial charge in [0.1, 0.15) is 5.75 Å². The highest BCUT2D eigenvalue weighted by molar-refractivity contribution is 5.54. The smallest absolute Gasteiger partial charge is 0.405 e. The molecule has 7 heteroatoms. The van der Waals surface area contributed by atoms with Gasteiger partial charge in [0.25, 0.3) is 0 Å².